The maximum absolute atomic E-state index is 6.40. The second-order valence-electron chi connectivity index (χ2n) is 12.2. The number of hydrogen-bond acceptors (Lipinski definition) is 1. The van der Waals surface area contributed by atoms with Gasteiger partial charge in [0.15, 0.2) is 0 Å². The third-order valence-electron chi connectivity index (χ3n) is 9.43. The minimum absolute atomic E-state index is 0.111. The maximum Gasteiger partial charge on any atom is 0.136 e. The maximum atomic E-state index is 6.40. The molecule has 0 radical (unpaired) electrons. The molecule has 0 unspecified atom stereocenters. The first kappa shape index (κ1) is 23.6. The number of benzene rings is 7. The first-order valence-corrected chi connectivity index (χ1v) is 14.7. The highest BCUT2D eigenvalue weighted by atomic mass is 16.3. The molecular formula is C41H28O. The molecular weight excluding hydrogens is 508 g/mol. The smallest absolute Gasteiger partial charge is 0.136 e. The molecule has 0 fully saturated rings. The number of furan rings is 1. The molecule has 1 aromatic heterocycles. The van der Waals surface area contributed by atoms with Crippen molar-refractivity contribution in [3.63, 3.8) is 0 Å². The molecule has 0 saturated carbocycles. The lowest BCUT2D eigenvalue weighted by molar-refractivity contribution is 0.661. The molecule has 0 saturated heterocycles. The molecule has 0 N–H and O–H groups in total. The minimum Gasteiger partial charge on any atom is -0.456 e. The predicted molar refractivity (Wildman–Crippen MR) is 177 cm³/mol. The van der Waals surface area contributed by atoms with Crippen LogP contribution in [-0.2, 0) is 5.41 Å². The molecule has 198 valence electrons. The van der Waals surface area contributed by atoms with Crippen LogP contribution in [0.1, 0.15) is 25.0 Å². The standard InChI is InChI=1S/C41H28O/c1-41(2)36-22-29(31-16-9-17-38-40(31)35-20-26-12-6-7-13-27(26)23-39(35)42-38)18-19-32(36)34-24-33-28(21-37(34)41)14-8-15-30(33)25-10-4-3-5-11-25/h3-24H,1-2H3. The van der Waals surface area contributed by atoms with Gasteiger partial charge in [-0.1, -0.05) is 111 Å². The highest BCUT2D eigenvalue weighted by Gasteiger charge is 2.36. The van der Waals surface area contributed by atoms with Crippen LogP contribution >= 0.6 is 0 Å². The van der Waals surface area contributed by atoms with E-state index in [9.17, 15) is 0 Å². The van der Waals surface area contributed by atoms with Gasteiger partial charge in [0.2, 0.25) is 0 Å². The van der Waals surface area contributed by atoms with Gasteiger partial charge >= 0.3 is 0 Å². The number of hydrogen-bond donors (Lipinski definition) is 0. The Morgan fingerprint density at radius 3 is 2.00 bits per heavy atom. The third-order valence-corrected chi connectivity index (χ3v) is 9.43. The molecule has 0 bridgehead atoms. The first-order valence-electron chi connectivity index (χ1n) is 14.7. The molecule has 0 atom stereocenters. The van der Waals surface area contributed by atoms with Crippen LogP contribution in [0.3, 0.4) is 0 Å². The Bertz CT molecular complexity index is 2370. The van der Waals surface area contributed by atoms with Crippen molar-refractivity contribution in [3.05, 3.63) is 145 Å². The van der Waals surface area contributed by atoms with E-state index in [-0.39, 0.29) is 5.41 Å². The molecule has 1 heteroatoms. The second kappa shape index (κ2) is 8.44. The normalized spacial score (nSPS) is 13.7. The molecule has 42 heavy (non-hydrogen) atoms. The molecule has 1 aliphatic carbocycles. The van der Waals surface area contributed by atoms with Gasteiger partial charge in [-0.3, -0.25) is 0 Å². The Labute approximate surface area is 244 Å². The lowest BCUT2D eigenvalue weighted by atomic mass is 9.80. The summed E-state index contributed by atoms with van der Waals surface area (Å²) in [6.07, 6.45) is 0. The molecule has 8 aromatic rings. The van der Waals surface area contributed by atoms with Crippen LogP contribution in [0.4, 0.5) is 0 Å². The van der Waals surface area contributed by atoms with Crippen molar-refractivity contribution >= 4 is 43.5 Å². The van der Waals surface area contributed by atoms with Gasteiger partial charge in [-0.05, 0) is 102 Å². The van der Waals surface area contributed by atoms with Crippen molar-refractivity contribution < 1.29 is 4.42 Å². The molecule has 1 aliphatic rings. The van der Waals surface area contributed by atoms with Gasteiger partial charge in [0.25, 0.3) is 0 Å². The molecule has 7 aromatic carbocycles. The third kappa shape index (κ3) is 3.25. The van der Waals surface area contributed by atoms with E-state index >= 15 is 0 Å². The summed E-state index contributed by atoms with van der Waals surface area (Å²) in [5.74, 6) is 0. The van der Waals surface area contributed by atoms with E-state index < -0.39 is 0 Å². The second-order valence-corrected chi connectivity index (χ2v) is 12.2. The predicted octanol–water partition coefficient (Wildman–Crippen LogP) is 11.5. The Morgan fingerprint density at radius 2 is 1.14 bits per heavy atom. The molecule has 0 aliphatic heterocycles. The zero-order chi connectivity index (χ0) is 28.0. The van der Waals surface area contributed by atoms with Crippen molar-refractivity contribution in [3.8, 4) is 33.4 Å². The van der Waals surface area contributed by atoms with Crippen molar-refractivity contribution in [2.24, 2.45) is 0 Å². The topological polar surface area (TPSA) is 13.1 Å². The van der Waals surface area contributed by atoms with Crippen LogP contribution in [0.15, 0.2) is 138 Å². The highest BCUT2D eigenvalue weighted by Crippen LogP contribution is 2.52. The largest absolute Gasteiger partial charge is 0.456 e. The van der Waals surface area contributed by atoms with Crippen LogP contribution in [0.5, 0.6) is 0 Å². The van der Waals surface area contributed by atoms with Gasteiger partial charge in [0.1, 0.15) is 11.2 Å². The van der Waals surface area contributed by atoms with E-state index in [1.807, 2.05) is 0 Å². The van der Waals surface area contributed by atoms with Crippen LogP contribution in [0.25, 0.3) is 76.9 Å². The average molecular weight is 537 g/mol. The average Bonchev–Trinajstić information content (AvgIpc) is 3.50. The van der Waals surface area contributed by atoms with Crippen LogP contribution in [0, 0.1) is 0 Å². The number of rotatable bonds is 2. The van der Waals surface area contributed by atoms with Crippen LogP contribution in [0.2, 0.25) is 0 Å². The fourth-order valence-corrected chi connectivity index (χ4v) is 7.30. The minimum atomic E-state index is -0.111. The van der Waals surface area contributed by atoms with Gasteiger partial charge in [-0.25, -0.2) is 0 Å². The Morgan fingerprint density at radius 1 is 0.429 bits per heavy atom. The lowest BCUT2D eigenvalue weighted by Crippen LogP contribution is -2.15. The Hall–Kier alpha value is -5.14. The lowest BCUT2D eigenvalue weighted by Gasteiger charge is -2.22. The molecule has 0 spiro atoms. The summed E-state index contributed by atoms with van der Waals surface area (Å²) in [5, 5.41) is 7.38. The summed E-state index contributed by atoms with van der Waals surface area (Å²) in [6, 6.07) is 48.7. The van der Waals surface area contributed by atoms with Crippen LogP contribution < -0.4 is 0 Å². The van der Waals surface area contributed by atoms with E-state index in [0.717, 1.165) is 11.2 Å². The molecule has 9 rings (SSSR count). The van der Waals surface area contributed by atoms with Gasteiger partial charge in [-0.2, -0.15) is 0 Å². The van der Waals surface area contributed by atoms with Crippen molar-refractivity contribution in [1.29, 1.82) is 0 Å². The zero-order valence-electron chi connectivity index (χ0n) is 23.6. The summed E-state index contributed by atoms with van der Waals surface area (Å²) in [7, 11) is 0. The monoisotopic (exact) mass is 536 g/mol. The fraction of sp³-hybridized carbons (Fsp3) is 0.0732. The van der Waals surface area contributed by atoms with Gasteiger partial charge in [-0.15, -0.1) is 0 Å². The molecule has 1 nitrogen and oxygen atoms in total. The Balaban J connectivity index is 1.25. The zero-order valence-corrected chi connectivity index (χ0v) is 23.6. The van der Waals surface area contributed by atoms with E-state index in [1.54, 1.807) is 0 Å². The molecule has 1 heterocycles. The quantitative estimate of drug-likeness (QED) is 0.214. The van der Waals surface area contributed by atoms with Crippen LogP contribution in [-0.4, -0.2) is 0 Å². The van der Waals surface area contributed by atoms with E-state index in [2.05, 4.69) is 147 Å². The van der Waals surface area contributed by atoms with Gasteiger partial charge in [0.05, 0.1) is 0 Å². The summed E-state index contributed by atoms with van der Waals surface area (Å²) in [4.78, 5) is 0. The highest BCUT2D eigenvalue weighted by molar-refractivity contribution is 6.15. The summed E-state index contributed by atoms with van der Waals surface area (Å²) in [6.45, 7) is 4.74. The van der Waals surface area contributed by atoms with E-state index in [1.165, 1.54) is 76.8 Å². The van der Waals surface area contributed by atoms with Crippen molar-refractivity contribution in [2.75, 3.05) is 0 Å². The summed E-state index contributed by atoms with van der Waals surface area (Å²) < 4.78 is 6.40. The first-order chi connectivity index (χ1) is 20.6. The fourth-order valence-electron chi connectivity index (χ4n) is 7.30. The van der Waals surface area contributed by atoms with E-state index in [4.69, 9.17) is 4.42 Å². The summed E-state index contributed by atoms with van der Waals surface area (Å²) >= 11 is 0. The van der Waals surface area contributed by atoms with E-state index in [0.29, 0.717) is 0 Å². The van der Waals surface area contributed by atoms with Gasteiger partial charge in [0, 0.05) is 16.2 Å². The Kier molecular flexibility index (Phi) is 4.73. The van der Waals surface area contributed by atoms with Gasteiger partial charge < -0.3 is 4.42 Å². The van der Waals surface area contributed by atoms with Crippen molar-refractivity contribution in [1.82, 2.24) is 0 Å². The van der Waals surface area contributed by atoms with Crippen molar-refractivity contribution in [2.45, 2.75) is 19.3 Å². The number of fused-ring (bicyclic) bond motifs is 8. The SMILES string of the molecule is CC1(C)c2cc(-c3cccc4oc5cc6ccccc6cc5c34)ccc2-c2cc3c(-c4ccccc4)cccc3cc21. The molecule has 0 amide bonds. The summed E-state index contributed by atoms with van der Waals surface area (Å²) in [5.41, 5.74) is 12.2.